The van der Waals surface area contributed by atoms with E-state index in [0.717, 1.165) is 0 Å². The van der Waals surface area contributed by atoms with Crippen LogP contribution in [-0.2, 0) is 0 Å². The van der Waals surface area contributed by atoms with Crippen LogP contribution in [0.3, 0.4) is 0 Å². The predicted molar refractivity (Wildman–Crippen MR) is 57.7 cm³/mol. The van der Waals surface area contributed by atoms with Crippen molar-refractivity contribution < 1.29 is 0 Å². The molecule has 0 bridgehead atoms. The molecule has 0 aliphatic rings. The lowest BCUT2D eigenvalue weighted by molar-refractivity contribution is 0.510. The molecule has 0 fully saturated rings. The van der Waals surface area contributed by atoms with Crippen molar-refractivity contribution in [3.8, 4) is 0 Å². The average molecular weight is 177 g/mol. The highest BCUT2D eigenvalue weighted by atomic mass is 14.6. The number of hydrogen-bond donors (Lipinski definition) is 1. The predicted octanol–water partition coefficient (Wildman–Crippen LogP) is 2.96. The molecule has 2 N–H and O–H groups in total. The van der Waals surface area contributed by atoms with Gasteiger partial charge in [0, 0.05) is 6.04 Å². The van der Waals surface area contributed by atoms with Gasteiger partial charge >= 0.3 is 0 Å². The van der Waals surface area contributed by atoms with Crippen LogP contribution < -0.4 is 5.73 Å². The highest BCUT2D eigenvalue weighted by Crippen LogP contribution is 2.25. The quantitative estimate of drug-likeness (QED) is 0.738. The second kappa shape index (κ2) is 3.93. The minimum Gasteiger partial charge on any atom is -0.324 e. The smallest absolute Gasteiger partial charge is 0.0323 e. The van der Waals surface area contributed by atoms with Crippen molar-refractivity contribution in [3.63, 3.8) is 0 Å². The molecule has 0 unspecified atom stereocenters. The molecule has 0 heterocycles. The maximum absolute atomic E-state index is 6.14. The van der Waals surface area contributed by atoms with Crippen LogP contribution in [0.25, 0.3) is 0 Å². The summed E-state index contributed by atoms with van der Waals surface area (Å²) < 4.78 is 0. The first-order chi connectivity index (χ1) is 6.04. The van der Waals surface area contributed by atoms with E-state index in [0.29, 0.717) is 5.92 Å². The topological polar surface area (TPSA) is 26.0 Å². The van der Waals surface area contributed by atoms with Crippen LogP contribution in [0.4, 0.5) is 0 Å². The van der Waals surface area contributed by atoms with Crippen LogP contribution in [0.2, 0.25) is 0 Å². The lowest BCUT2D eigenvalue weighted by atomic mass is 9.90. The molecule has 13 heavy (non-hydrogen) atoms. The van der Waals surface area contributed by atoms with Gasteiger partial charge in [-0.15, -0.1) is 0 Å². The van der Waals surface area contributed by atoms with Crippen molar-refractivity contribution in [3.05, 3.63) is 34.9 Å². The highest BCUT2D eigenvalue weighted by molar-refractivity contribution is 5.36. The third-order valence-corrected chi connectivity index (χ3v) is 2.59. The summed E-state index contributed by atoms with van der Waals surface area (Å²) >= 11 is 0. The van der Waals surface area contributed by atoms with E-state index in [-0.39, 0.29) is 6.04 Å². The van der Waals surface area contributed by atoms with E-state index in [1.165, 1.54) is 16.7 Å². The molecule has 0 spiro atoms. The van der Waals surface area contributed by atoms with Gasteiger partial charge in [-0.25, -0.2) is 0 Å². The number of rotatable bonds is 2. The van der Waals surface area contributed by atoms with Crippen LogP contribution in [0.15, 0.2) is 18.2 Å². The number of aryl methyl sites for hydroxylation is 2. The Bertz CT molecular complexity index is 269. The summed E-state index contributed by atoms with van der Waals surface area (Å²) in [6.45, 7) is 8.59. The molecule has 72 valence electrons. The van der Waals surface area contributed by atoms with Crippen LogP contribution in [0.5, 0.6) is 0 Å². The maximum atomic E-state index is 6.14. The normalized spacial score (nSPS) is 13.4. The Balaban J connectivity index is 3.12. The summed E-state index contributed by atoms with van der Waals surface area (Å²) in [4.78, 5) is 0. The number of benzene rings is 1. The Morgan fingerprint density at radius 1 is 1.08 bits per heavy atom. The van der Waals surface area contributed by atoms with Crippen molar-refractivity contribution >= 4 is 0 Å². The molecule has 1 aromatic rings. The van der Waals surface area contributed by atoms with Crippen molar-refractivity contribution in [2.45, 2.75) is 33.7 Å². The van der Waals surface area contributed by atoms with Gasteiger partial charge < -0.3 is 5.73 Å². The molecule has 0 aromatic heterocycles. The van der Waals surface area contributed by atoms with Gasteiger partial charge in [0.15, 0.2) is 0 Å². The fourth-order valence-corrected chi connectivity index (χ4v) is 1.69. The lowest BCUT2D eigenvalue weighted by Crippen LogP contribution is -2.19. The Morgan fingerprint density at radius 3 is 1.92 bits per heavy atom. The Hall–Kier alpha value is -0.820. The Kier molecular flexibility index (Phi) is 3.10. The molecular weight excluding hydrogens is 158 g/mol. The minimum atomic E-state index is 0.168. The fourth-order valence-electron chi connectivity index (χ4n) is 1.69. The minimum absolute atomic E-state index is 0.168. The molecule has 0 amide bonds. The first-order valence-electron chi connectivity index (χ1n) is 4.85. The Labute approximate surface area is 81.0 Å². The van der Waals surface area contributed by atoms with Crippen LogP contribution in [-0.4, -0.2) is 0 Å². The zero-order valence-electron chi connectivity index (χ0n) is 8.96. The standard InChI is InChI=1S/C12H19N/c1-8(2)12(13)11-9(3)6-5-7-10(11)4/h5-8,12H,13H2,1-4H3/t12-/m0/s1. The van der Waals surface area contributed by atoms with Gasteiger partial charge in [-0.3, -0.25) is 0 Å². The van der Waals surface area contributed by atoms with E-state index in [1.54, 1.807) is 0 Å². The summed E-state index contributed by atoms with van der Waals surface area (Å²) in [5, 5.41) is 0. The van der Waals surface area contributed by atoms with Gasteiger partial charge in [0.2, 0.25) is 0 Å². The van der Waals surface area contributed by atoms with Gasteiger partial charge in [-0.05, 0) is 36.5 Å². The Morgan fingerprint density at radius 2 is 1.54 bits per heavy atom. The summed E-state index contributed by atoms with van der Waals surface area (Å²) in [6, 6.07) is 6.51. The zero-order chi connectivity index (χ0) is 10.0. The second-order valence-corrected chi connectivity index (χ2v) is 4.08. The van der Waals surface area contributed by atoms with Crippen LogP contribution >= 0.6 is 0 Å². The SMILES string of the molecule is Cc1cccc(C)c1[C@@H](N)C(C)C. The molecular formula is C12H19N. The molecule has 0 saturated carbocycles. The van der Waals surface area contributed by atoms with Gasteiger partial charge in [-0.1, -0.05) is 32.0 Å². The van der Waals surface area contributed by atoms with Crippen molar-refractivity contribution in [1.29, 1.82) is 0 Å². The summed E-state index contributed by atoms with van der Waals surface area (Å²) in [7, 11) is 0. The molecule has 0 aliphatic heterocycles. The van der Waals surface area contributed by atoms with E-state index in [9.17, 15) is 0 Å². The highest BCUT2D eigenvalue weighted by Gasteiger charge is 2.14. The summed E-state index contributed by atoms with van der Waals surface area (Å²) in [6.07, 6.45) is 0. The van der Waals surface area contributed by atoms with Crippen LogP contribution in [0, 0.1) is 19.8 Å². The van der Waals surface area contributed by atoms with E-state index in [4.69, 9.17) is 5.73 Å². The summed E-state index contributed by atoms with van der Waals surface area (Å²) in [5.74, 6) is 0.500. The third-order valence-electron chi connectivity index (χ3n) is 2.59. The van der Waals surface area contributed by atoms with Crippen LogP contribution in [0.1, 0.15) is 36.6 Å². The second-order valence-electron chi connectivity index (χ2n) is 4.08. The van der Waals surface area contributed by atoms with Gasteiger partial charge in [0.05, 0.1) is 0 Å². The van der Waals surface area contributed by atoms with E-state index in [1.807, 2.05) is 0 Å². The molecule has 1 nitrogen and oxygen atoms in total. The number of hydrogen-bond acceptors (Lipinski definition) is 1. The van der Waals surface area contributed by atoms with Crippen molar-refractivity contribution in [1.82, 2.24) is 0 Å². The first-order valence-corrected chi connectivity index (χ1v) is 4.85. The lowest BCUT2D eigenvalue weighted by Gasteiger charge is -2.20. The van der Waals surface area contributed by atoms with Gasteiger partial charge in [0.1, 0.15) is 0 Å². The molecule has 1 atom stereocenters. The van der Waals surface area contributed by atoms with Gasteiger partial charge in [0.25, 0.3) is 0 Å². The van der Waals surface area contributed by atoms with Crippen molar-refractivity contribution in [2.75, 3.05) is 0 Å². The molecule has 0 saturated heterocycles. The zero-order valence-corrected chi connectivity index (χ0v) is 8.96. The van der Waals surface area contributed by atoms with E-state index in [2.05, 4.69) is 45.9 Å². The molecule has 1 aromatic carbocycles. The fraction of sp³-hybridized carbons (Fsp3) is 0.500. The molecule has 0 aliphatic carbocycles. The average Bonchev–Trinajstić information content (AvgIpc) is 2.03. The van der Waals surface area contributed by atoms with Gasteiger partial charge in [-0.2, -0.15) is 0 Å². The molecule has 1 heteroatoms. The largest absolute Gasteiger partial charge is 0.324 e. The summed E-state index contributed by atoms with van der Waals surface area (Å²) in [5.41, 5.74) is 10.1. The molecule has 0 radical (unpaired) electrons. The molecule has 1 rings (SSSR count). The maximum Gasteiger partial charge on any atom is 0.0323 e. The first kappa shape index (κ1) is 10.3. The van der Waals surface area contributed by atoms with Crippen molar-refractivity contribution in [2.24, 2.45) is 11.7 Å². The van der Waals surface area contributed by atoms with E-state index >= 15 is 0 Å². The third kappa shape index (κ3) is 2.10. The number of nitrogens with two attached hydrogens (primary N) is 1. The van der Waals surface area contributed by atoms with E-state index < -0.39 is 0 Å². The monoisotopic (exact) mass is 177 g/mol.